The molecule has 5 heteroatoms. The molecule has 1 aromatic rings. The Kier molecular flexibility index (Phi) is 2.87. The van der Waals surface area contributed by atoms with E-state index in [2.05, 4.69) is 0 Å². The largest absolute Gasteiger partial charge is 0.504 e. The average Bonchev–Trinajstić information content (AvgIpc) is 1.98. The third-order valence-electron chi connectivity index (χ3n) is 1.41. The minimum Gasteiger partial charge on any atom is -0.504 e. The molecule has 4 N–H and O–H groups in total. The molecule has 66 valence electrons. The van der Waals surface area contributed by atoms with E-state index in [9.17, 15) is 5.11 Å². The van der Waals surface area contributed by atoms with E-state index in [-0.39, 0.29) is 17.7 Å². The second-order valence-corrected chi connectivity index (χ2v) is 3.38. The second-order valence-electron chi connectivity index (χ2n) is 2.32. The van der Waals surface area contributed by atoms with E-state index in [0.29, 0.717) is 5.56 Å². The number of benzene rings is 1. The van der Waals surface area contributed by atoms with E-state index < -0.39 is 8.38 Å². The molecular weight excluding hydrogens is 179 g/mol. The van der Waals surface area contributed by atoms with Crippen LogP contribution in [0.4, 0.5) is 0 Å². The number of para-hydroxylation sites is 1. The molecule has 1 aromatic carbocycles. The van der Waals surface area contributed by atoms with Crippen LogP contribution in [0.2, 0.25) is 0 Å². The van der Waals surface area contributed by atoms with Crippen LogP contribution in [-0.2, 0) is 6.16 Å². The van der Waals surface area contributed by atoms with E-state index in [1.54, 1.807) is 0 Å². The van der Waals surface area contributed by atoms with Crippen molar-refractivity contribution in [2.75, 3.05) is 0 Å². The van der Waals surface area contributed by atoms with E-state index in [1.165, 1.54) is 18.2 Å². The van der Waals surface area contributed by atoms with Crippen molar-refractivity contribution in [3.8, 4) is 11.5 Å². The van der Waals surface area contributed by atoms with Crippen molar-refractivity contribution in [3.05, 3.63) is 23.8 Å². The highest BCUT2D eigenvalue weighted by Crippen LogP contribution is 2.36. The lowest BCUT2D eigenvalue weighted by atomic mass is 10.2. The zero-order chi connectivity index (χ0) is 9.14. The van der Waals surface area contributed by atoms with Gasteiger partial charge in [0.2, 0.25) is 0 Å². The van der Waals surface area contributed by atoms with Crippen molar-refractivity contribution in [1.29, 1.82) is 0 Å². The second kappa shape index (κ2) is 3.72. The fourth-order valence-corrected chi connectivity index (χ4v) is 1.42. The maximum absolute atomic E-state index is 9.18. The lowest BCUT2D eigenvalue weighted by molar-refractivity contribution is 0.399. The Labute approximate surface area is 70.6 Å². The van der Waals surface area contributed by atoms with Crippen molar-refractivity contribution in [1.82, 2.24) is 0 Å². The molecular formula is C7H9O4P. The predicted molar refractivity (Wildman–Crippen MR) is 44.8 cm³/mol. The summed E-state index contributed by atoms with van der Waals surface area (Å²) in [7, 11) is -2.08. The Hall–Kier alpha value is -0.830. The number of phenols is 2. The molecule has 0 heterocycles. The molecule has 0 aliphatic carbocycles. The summed E-state index contributed by atoms with van der Waals surface area (Å²) in [5.74, 6) is -0.530. The first-order valence-electron chi connectivity index (χ1n) is 3.26. The summed E-state index contributed by atoms with van der Waals surface area (Å²) in [6, 6.07) is 4.38. The monoisotopic (exact) mass is 188 g/mol. The van der Waals surface area contributed by atoms with Gasteiger partial charge in [-0.3, -0.25) is 0 Å². The van der Waals surface area contributed by atoms with Crippen LogP contribution >= 0.6 is 8.38 Å². The average molecular weight is 188 g/mol. The molecule has 0 amide bonds. The number of hydrogen-bond donors (Lipinski definition) is 4. The number of hydrogen-bond acceptors (Lipinski definition) is 4. The van der Waals surface area contributed by atoms with Crippen LogP contribution in [0.1, 0.15) is 5.56 Å². The summed E-state index contributed by atoms with van der Waals surface area (Å²) in [6.07, 6.45) is -0.0322. The number of aromatic hydroxyl groups is 2. The van der Waals surface area contributed by atoms with Gasteiger partial charge in [-0.25, -0.2) is 0 Å². The predicted octanol–water partition coefficient (Wildman–Crippen LogP) is 0.894. The number of phenolic OH excluding ortho intramolecular Hbond substituents is 2. The Morgan fingerprint density at radius 3 is 2.42 bits per heavy atom. The molecule has 0 aromatic heterocycles. The molecule has 0 saturated heterocycles. The van der Waals surface area contributed by atoms with Crippen molar-refractivity contribution in [2.45, 2.75) is 6.16 Å². The molecule has 12 heavy (non-hydrogen) atoms. The van der Waals surface area contributed by atoms with Gasteiger partial charge in [0, 0.05) is 11.7 Å². The summed E-state index contributed by atoms with van der Waals surface area (Å²) in [4.78, 5) is 17.3. The maximum atomic E-state index is 9.18. The van der Waals surface area contributed by atoms with Gasteiger partial charge in [-0.1, -0.05) is 12.1 Å². The molecule has 0 fully saturated rings. The number of rotatable bonds is 2. The van der Waals surface area contributed by atoms with Crippen LogP contribution in [0.5, 0.6) is 11.5 Å². The van der Waals surface area contributed by atoms with Crippen molar-refractivity contribution < 1.29 is 20.0 Å². The first-order chi connectivity index (χ1) is 5.61. The Morgan fingerprint density at radius 2 is 1.83 bits per heavy atom. The molecule has 0 saturated carbocycles. The van der Waals surface area contributed by atoms with Gasteiger partial charge in [0.15, 0.2) is 19.9 Å². The van der Waals surface area contributed by atoms with Crippen LogP contribution in [0.3, 0.4) is 0 Å². The normalized spacial score (nSPS) is 10.6. The molecule has 0 unspecified atom stereocenters. The van der Waals surface area contributed by atoms with Crippen LogP contribution < -0.4 is 0 Å². The van der Waals surface area contributed by atoms with Gasteiger partial charge in [-0.05, 0) is 6.07 Å². The molecule has 0 spiro atoms. The van der Waals surface area contributed by atoms with Gasteiger partial charge in [0.1, 0.15) is 0 Å². The fourth-order valence-electron chi connectivity index (χ4n) is 0.858. The Bertz CT molecular complexity index is 274. The maximum Gasteiger partial charge on any atom is 0.169 e. The summed E-state index contributed by atoms with van der Waals surface area (Å²) < 4.78 is 0. The van der Waals surface area contributed by atoms with Gasteiger partial charge >= 0.3 is 0 Å². The van der Waals surface area contributed by atoms with Gasteiger partial charge in [-0.15, -0.1) is 0 Å². The fraction of sp³-hybridized carbons (Fsp3) is 0.143. The highest BCUT2D eigenvalue weighted by atomic mass is 31.2. The molecule has 0 aliphatic heterocycles. The lowest BCUT2D eigenvalue weighted by Gasteiger charge is -2.05. The smallest absolute Gasteiger partial charge is 0.169 e. The van der Waals surface area contributed by atoms with Crippen LogP contribution in [0.25, 0.3) is 0 Å². The first-order valence-corrected chi connectivity index (χ1v) is 4.69. The molecule has 0 bridgehead atoms. The van der Waals surface area contributed by atoms with E-state index >= 15 is 0 Å². The summed E-state index contributed by atoms with van der Waals surface area (Å²) >= 11 is 0. The molecule has 0 aliphatic rings. The summed E-state index contributed by atoms with van der Waals surface area (Å²) in [5.41, 5.74) is 0.339. The Balaban J connectivity index is 2.92. The third kappa shape index (κ3) is 2.08. The molecule has 0 atom stereocenters. The van der Waals surface area contributed by atoms with Crippen LogP contribution in [0.15, 0.2) is 18.2 Å². The van der Waals surface area contributed by atoms with Gasteiger partial charge in [-0.2, -0.15) is 0 Å². The standard InChI is InChI=1S/C7H9O4P/c8-6-3-1-2-5(7(6)9)4-12(10)11/h1-3,8-11H,4H2. The topological polar surface area (TPSA) is 80.9 Å². The SMILES string of the molecule is Oc1cccc(CP(O)O)c1O. The summed E-state index contributed by atoms with van der Waals surface area (Å²) in [5, 5.41) is 18.2. The van der Waals surface area contributed by atoms with Crippen molar-refractivity contribution >= 4 is 8.38 Å². The lowest BCUT2D eigenvalue weighted by Crippen LogP contribution is -1.83. The quantitative estimate of drug-likeness (QED) is 0.410. The van der Waals surface area contributed by atoms with E-state index in [1.807, 2.05) is 0 Å². The van der Waals surface area contributed by atoms with E-state index in [0.717, 1.165) is 0 Å². The first kappa shape index (κ1) is 9.26. The minimum atomic E-state index is -2.08. The molecule has 0 radical (unpaired) electrons. The molecule has 1 rings (SSSR count). The molecule has 4 nitrogen and oxygen atoms in total. The highest BCUT2D eigenvalue weighted by Gasteiger charge is 2.08. The van der Waals surface area contributed by atoms with Gasteiger partial charge in [0.25, 0.3) is 0 Å². The van der Waals surface area contributed by atoms with Crippen molar-refractivity contribution in [3.63, 3.8) is 0 Å². The van der Waals surface area contributed by atoms with Crippen molar-refractivity contribution in [2.24, 2.45) is 0 Å². The Morgan fingerprint density at radius 1 is 1.17 bits per heavy atom. The van der Waals surface area contributed by atoms with E-state index in [4.69, 9.17) is 14.9 Å². The van der Waals surface area contributed by atoms with Gasteiger partial charge < -0.3 is 20.0 Å². The third-order valence-corrected chi connectivity index (χ3v) is 2.03. The zero-order valence-electron chi connectivity index (χ0n) is 6.18. The van der Waals surface area contributed by atoms with Crippen LogP contribution in [0, 0.1) is 0 Å². The highest BCUT2D eigenvalue weighted by molar-refractivity contribution is 7.44. The minimum absolute atomic E-state index is 0.0322. The zero-order valence-corrected chi connectivity index (χ0v) is 7.07. The van der Waals surface area contributed by atoms with Gasteiger partial charge in [0.05, 0.1) is 0 Å². The summed E-state index contributed by atoms with van der Waals surface area (Å²) in [6.45, 7) is 0. The van der Waals surface area contributed by atoms with Crippen LogP contribution in [-0.4, -0.2) is 20.0 Å².